The largest absolute Gasteiger partial charge is 0.465 e. The van der Waals surface area contributed by atoms with Gasteiger partial charge in [-0.25, -0.2) is 9.59 Å². The van der Waals surface area contributed by atoms with E-state index in [1.165, 1.54) is 0 Å². The van der Waals surface area contributed by atoms with Crippen molar-refractivity contribution in [3.8, 4) is 0 Å². The molecule has 2 saturated heterocycles. The number of piperidine rings is 1. The molecule has 8 heteroatoms. The maximum absolute atomic E-state index is 13.6. The number of esters is 1. The number of carboxylic acid groups (broad SMARTS) is 1. The Balaban J connectivity index is 1.25. The van der Waals surface area contributed by atoms with E-state index in [2.05, 4.69) is 5.16 Å². The van der Waals surface area contributed by atoms with Gasteiger partial charge in [-0.3, -0.25) is 0 Å². The summed E-state index contributed by atoms with van der Waals surface area (Å²) in [5.74, 6) is 0.657. The van der Waals surface area contributed by atoms with E-state index in [4.69, 9.17) is 14.0 Å². The highest BCUT2D eigenvalue weighted by molar-refractivity contribution is 5.92. The molecule has 7 rings (SSSR count). The number of hydrogen-bond acceptors (Lipinski definition) is 6. The van der Waals surface area contributed by atoms with Gasteiger partial charge >= 0.3 is 12.1 Å². The van der Waals surface area contributed by atoms with E-state index < -0.39 is 6.09 Å². The molecule has 174 valence electrons. The smallest absolute Gasteiger partial charge is 0.407 e. The number of methoxy groups -OCH3 is 1. The average molecular weight is 445 g/mol. The van der Waals surface area contributed by atoms with Gasteiger partial charge in [-0.15, -0.1) is 0 Å². The van der Waals surface area contributed by atoms with E-state index in [9.17, 15) is 14.7 Å². The third-order valence-corrected chi connectivity index (χ3v) is 9.17. The Kier molecular flexibility index (Phi) is 4.62. The zero-order valence-electron chi connectivity index (χ0n) is 18.7. The first kappa shape index (κ1) is 20.5. The fourth-order valence-electron chi connectivity index (χ4n) is 7.04. The number of ether oxygens (including phenoxy) is 2. The van der Waals surface area contributed by atoms with Gasteiger partial charge in [-0.05, 0) is 64.2 Å². The Morgan fingerprint density at radius 3 is 2.19 bits per heavy atom. The summed E-state index contributed by atoms with van der Waals surface area (Å²) in [6.07, 6.45) is 9.62. The number of fused-ring (bicyclic) bond motifs is 5. The lowest BCUT2D eigenvalue weighted by Crippen LogP contribution is -2.50. The zero-order chi connectivity index (χ0) is 22.1. The minimum atomic E-state index is -0.861. The standard InChI is InChI=1S/C24H32N2O6/c1-30-24-9-6-23(7-10-24,8-11-24)20-18(19(32-25-20)14-2-3-14)21(27)31-17-12-15-4-5-16(13-17)26(15)22(28)29/h14-17H,2-13H2,1H3,(H,28,29)/t15-,16+,17+,23?,24?. The summed E-state index contributed by atoms with van der Waals surface area (Å²) in [4.78, 5) is 26.7. The minimum absolute atomic E-state index is 0.0110. The monoisotopic (exact) mass is 444 g/mol. The van der Waals surface area contributed by atoms with Gasteiger partial charge < -0.3 is 24.0 Å². The van der Waals surface area contributed by atoms with Crippen LogP contribution in [0.4, 0.5) is 4.79 Å². The third kappa shape index (κ3) is 3.09. The van der Waals surface area contributed by atoms with Crippen LogP contribution in [-0.4, -0.2) is 58.1 Å². The van der Waals surface area contributed by atoms with Crippen LogP contribution in [0.5, 0.6) is 0 Å². The van der Waals surface area contributed by atoms with Crippen LogP contribution in [0, 0.1) is 0 Å². The lowest BCUT2D eigenvalue weighted by atomic mass is 9.57. The molecule has 2 aliphatic heterocycles. The Hall–Kier alpha value is -2.09. The molecule has 0 unspecified atom stereocenters. The summed E-state index contributed by atoms with van der Waals surface area (Å²) < 4.78 is 17.7. The Bertz CT molecular complexity index is 898. The van der Waals surface area contributed by atoms with Crippen molar-refractivity contribution in [2.45, 2.75) is 112 Å². The summed E-state index contributed by atoms with van der Waals surface area (Å²) in [7, 11) is 1.81. The number of nitrogens with zero attached hydrogens (tertiary/aromatic N) is 2. The molecule has 3 heterocycles. The van der Waals surface area contributed by atoms with Crippen molar-refractivity contribution in [2.24, 2.45) is 0 Å². The van der Waals surface area contributed by atoms with Crippen molar-refractivity contribution in [1.29, 1.82) is 0 Å². The van der Waals surface area contributed by atoms with Crippen LogP contribution in [0.3, 0.4) is 0 Å². The van der Waals surface area contributed by atoms with Crippen LogP contribution < -0.4 is 0 Å². The van der Waals surface area contributed by atoms with Gasteiger partial charge in [-0.2, -0.15) is 0 Å². The zero-order valence-corrected chi connectivity index (χ0v) is 18.7. The highest BCUT2D eigenvalue weighted by Crippen LogP contribution is 2.56. The molecule has 1 aromatic heterocycles. The molecule has 0 spiro atoms. The Morgan fingerprint density at radius 2 is 1.66 bits per heavy atom. The summed E-state index contributed by atoms with van der Waals surface area (Å²) in [6.45, 7) is 0. The van der Waals surface area contributed by atoms with Gasteiger partial charge in [0.15, 0.2) is 5.76 Å². The lowest BCUT2D eigenvalue weighted by molar-refractivity contribution is -0.0967. The van der Waals surface area contributed by atoms with Crippen LogP contribution in [-0.2, 0) is 14.9 Å². The van der Waals surface area contributed by atoms with Gasteiger partial charge in [0.1, 0.15) is 17.4 Å². The van der Waals surface area contributed by atoms with Crippen molar-refractivity contribution in [2.75, 3.05) is 7.11 Å². The molecular formula is C24H32N2O6. The van der Waals surface area contributed by atoms with Crippen molar-refractivity contribution in [1.82, 2.24) is 10.1 Å². The second-order valence-electron chi connectivity index (χ2n) is 10.8. The molecule has 1 N–H and O–H groups in total. The van der Waals surface area contributed by atoms with E-state index in [1.807, 2.05) is 7.11 Å². The van der Waals surface area contributed by atoms with Crippen molar-refractivity contribution < 1.29 is 28.7 Å². The summed E-state index contributed by atoms with van der Waals surface area (Å²) in [5.41, 5.74) is 1.24. The summed E-state index contributed by atoms with van der Waals surface area (Å²) >= 11 is 0. The molecule has 0 radical (unpaired) electrons. The molecule has 1 amide bonds. The van der Waals surface area contributed by atoms with E-state index >= 15 is 0 Å². The van der Waals surface area contributed by atoms with Crippen molar-refractivity contribution >= 4 is 12.1 Å². The topological polar surface area (TPSA) is 102 Å². The predicted octanol–water partition coefficient (Wildman–Crippen LogP) is 4.37. The molecule has 4 bridgehead atoms. The molecule has 6 fully saturated rings. The second-order valence-corrected chi connectivity index (χ2v) is 10.8. The molecule has 1 aromatic rings. The molecule has 3 atom stereocenters. The van der Waals surface area contributed by atoms with E-state index in [0.717, 1.165) is 69.9 Å². The van der Waals surface area contributed by atoms with Crippen LogP contribution in [0.15, 0.2) is 4.52 Å². The Morgan fingerprint density at radius 1 is 1.03 bits per heavy atom. The highest BCUT2D eigenvalue weighted by atomic mass is 16.5. The molecule has 4 aliphatic carbocycles. The highest BCUT2D eigenvalue weighted by Gasteiger charge is 2.54. The minimum Gasteiger partial charge on any atom is -0.465 e. The molecule has 4 saturated carbocycles. The first-order chi connectivity index (χ1) is 15.4. The fraction of sp³-hybridized carbons (Fsp3) is 0.792. The van der Waals surface area contributed by atoms with Gasteiger partial charge in [0.2, 0.25) is 0 Å². The molecular weight excluding hydrogens is 412 g/mol. The number of hydrogen-bond donors (Lipinski definition) is 1. The number of carbonyl (C=O) groups excluding carboxylic acids is 1. The maximum atomic E-state index is 13.6. The maximum Gasteiger partial charge on any atom is 0.407 e. The van der Waals surface area contributed by atoms with Crippen LogP contribution in [0.2, 0.25) is 0 Å². The Labute approximate surface area is 187 Å². The molecule has 0 aromatic carbocycles. The normalized spacial score (nSPS) is 38.2. The van der Waals surface area contributed by atoms with Crippen LogP contribution in [0.1, 0.15) is 105 Å². The first-order valence-electron chi connectivity index (χ1n) is 12.2. The SMILES string of the molecule is COC12CCC(c3noc(C4CC4)c3C(=O)O[C@H]3C[C@H]4CC[C@@H](C3)N4C(=O)O)(CC1)CC2. The predicted molar refractivity (Wildman–Crippen MR) is 113 cm³/mol. The van der Waals surface area contributed by atoms with Gasteiger partial charge in [0, 0.05) is 43.4 Å². The molecule has 6 aliphatic rings. The molecule has 8 nitrogen and oxygen atoms in total. The summed E-state index contributed by atoms with van der Waals surface area (Å²) in [6, 6.07) is -0.0994. The number of rotatable bonds is 5. The van der Waals surface area contributed by atoms with Gasteiger partial charge in [0.05, 0.1) is 5.60 Å². The van der Waals surface area contributed by atoms with Gasteiger partial charge in [-0.1, -0.05) is 5.16 Å². The molecule has 32 heavy (non-hydrogen) atoms. The van der Waals surface area contributed by atoms with Crippen molar-refractivity contribution in [3.05, 3.63) is 17.0 Å². The van der Waals surface area contributed by atoms with Gasteiger partial charge in [0.25, 0.3) is 0 Å². The number of amides is 1. The first-order valence-corrected chi connectivity index (χ1v) is 12.2. The average Bonchev–Trinajstić information content (AvgIpc) is 3.48. The summed E-state index contributed by atoms with van der Waals surface area (Å²) in [5, 5.41) is 14.0. The van der Waals surface area contributed by atoms with Crippen molar-refractivity contribution in [3.63, 3.8) is 0 Å². The van der Waals surface area contributed by atoms with E-state index in [0.29, 0.717) is 24.2 Å². The van der Waals surface area contributed by atoms with Crippen LogP contribution >= 0.6 is 0 Å². The second kappa shape index (κ2) is 7.20. The number of aromatic nitrogens is 1. The van der Waals surface area contributed by atoms with E-state index in [-0.39, 0.29) is 41.1 Å². The quantitative estimate of drug-likeness (QED) is 0.673. The fourth-order valence-corrected chi connectivity index (χ4v) is 7.04. The third-order valence-electron chi connectivity index (χ3n) is 9.17. The lowest BCUT2D eigenvalue weighted by Gasteiger charge is -2.52. The van der Waals surface area contributed by atoms with Crippen LogP contribution in [0.25, 0.3) is 0 Å². The number of carbonyl (C=O) groups is 2. The van der Waals surface area contributed by atoms with E-state index in [1.54, 1.807) is 4.90 Å².